The average molecular weight is 328 g/mol. The monoisotopic (exact) mass is 328 g/mol. The standard InChI is InChI=1S/C19H16N6/c1-3-16(9-10-21-2)23-18-11-17(14-7-5-4-6-8-14)24-19-15(12-20)13-22-25(18)19/h3-11,13,23H,2H2,1H3/b10-9-,16-3+. The summed E-state index contributed by atoms with van der Waals surface area (Å²) in [5.74, 6) is 0.701. The minimum absolute atomic E-state index is 0.422. The van der Waals surface area contributed by atoms with Gasteiger partial charge >= 0.3 is 0 Å². The first-order valence-electron chi connectivity index (χ1n) is 7.67. The molecule has 1 aromatic carbocycles. The summed E-state index contributed by atoms with van der Waals surface area (Å²) in [6.07, 6.45) is 6.82. The molecule has 122 valence electrons. The van der Waals surface area contributed by atoms with Gasteiger partial charge in [-0.25, -0.2) is 4.98 Å². The Morgan fingerprint density at radius 3 is 2.84 bits per heavy atom. The van der Waals surface area contributed by atoms with Gasteiger partial charge in [0.25, 0.3) is 0 Å². The summed E-state index contributed by atoms with van der Waals surface area (Å²) >= 11 is 0. The van der Waals surface area contributed by atoms with Crippen LogP contribution in [0.4, 0.5) is 5.82 Å². The van der Waals surface area contributed by atoms with Crippen molar-refractivity contribution in [3.05, 3.63) is 72.2 Å². The predicted octanol–water partition coefficient (Wildman–Crippen LogP) is 3.80. The van der Waals surface area contributed by atoms with Crippen molar-refractivity contribution in [2.45, 2.75) is 6.92 Å². The molecule has 3 aromatic rings. The molecule has 0 saturated heterocycles. The van der Waals surface area contributed by atoms with E-state index in [-0.39, 0.29) is 0 Å². The number of benzene rings is 1. The van der Waals surface area contributed by atoms with Crippen molar-refractivity contribution in [2.75, 3.05) is 5.32 Å². The highest BCUT2D eigenvalue weighted by Crippen LogP contribution is 2.24. The average Bonchev–Trinajstić information content (AvgIpc) is 3.09. The maximum atomic E-state index is 9.32. The van der Waals surface area contributed by atoms with Gasteiger partial charge in [-0.2, -0.15) is 14.9 Å². The van der Waals surface area contributed by atoms with Gasteiger partial charge in [-0.3, -0.25) is 4.99 Å². The second-order valence-electron chi connectivity index (χ2n) is 5.17. The molecule has 2 heterocycles. The van der Waals surface area contributed by atoms with Crippen molar-refractivity contribution in [3.8, 4) is 17.3 Å². The number of allylic oxidation sites excluding steroid dienone is 2. The maximum absolute atomic E-state index is 9.32. The van der Waals surface area contributed by atoms with Crippen molar-refractivity contribution in [1.82, 2.24) is 14.6 Å². The zero-order chi connectivity index (χ0) is 17.6. The Bertz CT molecular complexity index is 1010. The topological polar surface area (TPSA) is 78.4 Å². The SMILES string of the molecule is C=N/C=C\C(=C/C)Nc1cc(-c2ccccc2)nc2c(C#N)cnn12. The number of nitriles is 1. The van der Waals surface area contributed by atoms with Gasteiger partial charge in [0.05, 0.1) is 11.9 Å². The molecule has 0 aliphatic carbocycles. The lowest BCUT2D eigenvalue weighted by Gasteiger charge is -2.11. The molecule has 6 heteroatoms. The van der Waals surface area contributed by atoms with Crippen LogP contribution < -0.4 is 5.32 Å². The minimum Gasteiger partial charge on any atom is -0.340 e. The van der Waals surface area contributed by atoms with Crippen molar-refractivity contribution >= 4 is 18.2 Å². The van der Waals surface area contributed by atoms with E-state index in [4.69, 9.17) is 0 Å². The molecule has 6 nitrogen and oxygen atoms in total. The summed E-state index contributed by atoms with van der Waals surface area (Å²) in [6, 6.07) is 13.8. The second kappa shape index (κ2) is 7.23. The van der Waals surface area contributed by atoms with Gasteiger partial charge in [-0.1, -0.05) is 36.4 Å². The van der Waals surface area contributed by atoms with Crippen LogP contribution in [0.25, 0.3) is 16.9 Å². The normalized spacial score (nSPS) is 11.6. The molecule has 0 saturated carbocycles. The van der Waals surface area contributed by atoms with Crippen LogP contribution in [0, 0.1) is 11.3 Å². The number of anilines is 1. The zero-order valence-electron chi connectivity index (χ0n) is 13.7. The Labute approximate surface area is 145 Å². The van der Waals surface area contributed by atoms with E-state index in [1.165, 1.54) is 6.20 Å². The van der Waals surface area contributed by atoms with Crippen LogP contribution in [-0.4, -0.2) is 21.3 Å². The zero-order valence-corrected chi connectivity index (χ0v) is 13.7. The lowest BCUT2D eigenvalue weighted by atomic mass is 10.1. The first-order valence-corrected chi connectivity index (χ1v) is 7.67. The summed E-state index contributed by atoms with van der Waals surface area (Å²) in [6.45, 7) is 5.35. The van der Waals surface area contributed by atoms with E-state index in [2.05, 4.69) is 33.2 Å². The molecule has 25 heavy (non-hydrogen) atoms. The van der Waals surface area contributed by atoms with Gasteiger partial charge < -0.3 is 5.32 Å². The molecule has 0 bridgehead atoms. The number of aliphatic imine (C=N–C) groups is 1. The molecule has 3 rings (SSSR count). The predicted molar refractivity (Wildman–Crippen MR) is 99.2 cm³/mol. The highest BCUT2D eigenvalue weighted by molar-refractivity contribution is 5.70. The Morgan fingerprint density at radius 2 is 2.16 bits per heavy atom. The third-order valence-corrected chi connectivity index (χ3v) is 3.60. The molecule has 0 radical (unpaired) electrons. The summed E-state index contributed by atoms with van der Waals surface area (Å²) in [7, 11) is 0. The molecule has 2 aromatic heterocycles. The third kappa shape index (κ3) is 3.31. The van der Waals surface area contributed by atoms with E-state index < -0.39 is 0 Å². The van der Waals surface area contributed by atoms with Crippen LogP contribution in [0.3, 0.4) is 0 Å². The summed E-state index contributed by atoms with van der Waals surface area (Å²) in [5, 5.41) is 16.9. The molecule has 0 spiro atoms. The van der Waals surface area contributed by atoms with Gasteiger partial charge in [0.2, 0.25) is 0 Å². The number of hydrogen-bond acceptors (Lipinski definition) is 5. The first-order chi connectivity index (χ1) is 12.3. The number of rotatable bonds is 5. The molecule has 0 atom stereocenters. The van der Waals surface area contributed by atoms with Gasteiger partial charge in [0.15, 0.2) is 5.65 Å². The van der Waals surface area contributed by atoms with Crippen LogP contribution in [-0.2, 0) is 0 Å². The molecule has 1 N–H and O–H groups in total. The quantitative estimate of drug-likeness (QED) is 0.571. The van der Waals surface area contributed by atoms with Crippen LogP contribution >= 0.6 is 0 Å². The van der Waals surface area contributed by atoms with Crippen LogP contribution in [0.5, 0.6) is 0 Å². The van der Waals surface area contributed by atoms with Gasteiger partial charge in [0.1, 0.15) is 17.5 Å². The molecule has 0 aliphatic rings. The Morgan fingerprint density at radius 1 is 1.36 bits per heavy atom. The minimum atomic E-state index is 0.422. The molecule has 0 fully saturated rings. The van der Waals surface area contributed by atoms with Crippen molar-refractivity contribution in [2.24, 2.45) is 4.99 Å². The van der Waals surface area contributed by atoms with Crippen LogP contribution in [0.1, 0.15) is 12.5 Å². The molecule has 0 amide bonds. The molecular weight excluding hydrogens is 312 g/mol. The van der Waals surface area contributed by atoms with Crippen molar-refractivity contribution < 1.29 is 0 Å². The molecule has 0 unspecified atom stereocenters. The third-order valence-electron chi connectivity index (χ3n) is 3.60. The van der Waals surface area contributed by atoms with Gasteiger partial charge in [-0.15, -0.1) is 0 Å². The van der Waals surface area contributed by atoms with E-state index in [0.29, 0.717) is 17.0 Å². The lowest BCUT2D eigenvalue weighted by Crippen LogP contribution is -2.05. The summed E-state index contributed by atoms with van der Waals surface area (Å²) in [4.78, 5) is 8.32. The fourth-order valence-corrected chi connectivity index (χ4v) is 2.38. The first kappa shape index (κ1) is 16.1. The highest BCUT2D eigenvalue weighted by atomic mass is 15.3. The number of fused-ring (bicyclic) bond motifs is 1. The number of nitrogens with zero attached hydrogens (tertiary/aromatic N) is 5. The van der Waals surface area contributed by atoms with E-state index >= 15 is 0 Å². The molecular formula is C19H16N6. The summed E-state index contributed by atoms with van der Waals surface area (Å²) < 4.78 is 1.61. The van der Waals surface area contributed by atoms with Crippen LogP contribution in [0.2, 0.25) is 0 Å². The number of hydrogen-bond donors (Lipinski definition) is 1. The Hall–Kier alpha value is -3.72. The largest absolute Gasteiger partial charge is 0.340 e. The number of nitrogens with one attached hydrogen (secondary N) is 1. The van der Waals surface area contributed by atoms with Gasteiger partial charge in [0, 0.05) is 23.5 Å². The van der Waals surface area contributed by atoms with E-state index in [0.717, 1.165) is 17.0 Å². The maximum Gasteiger partial charge on any atom is 0.175 e. The van der Waals surface area contributed by atoms with E-state index in [9.17, 15) is 5.26 Å². The molecule has 0 aliphatic heterocycles. The second-order valence-corrected chi connectivity index (χ2v) is 5.17. The summed E-state index contributed by atoms with van der Waals surface area (Å²) in [5.41, 5.74) is 3.48. The van der Waals surface area contributed by atoms with Crippen molar-refractivity contribution in [3.63, 3.8) is 0 Å². The fraction of sp³-hybridized carbons (Fsp3) is 0.0526. The Balaban J connectivity index is 2.16. The van der Waals surface area contributed by atoms with E-state index in [1.807, 2.05) is 49.4 Å². The highest BCUT2D eigenvalue weighted by Gasteiger charge is 2.12. The van der Waals surface area contributed by atoms with Gasteiger partial charge in [-0.05, 0) is 19.7 Å². The van der Waals surface area contributed by atoms with Crippen molar-refractivity contribution in [1.29, 1.82) is 5.26 Å². The van der Waals surface area contributed by atoms with Crippen LogP contribution in [0.15, 0.2) is 71.6 Å². The van der Waals surface area contributed by atoms with E-state index in [1.54, 1.807) is 16.8 Å². The Kier molecular flexibility index (Phi) is 4.67. The fourth-order valence-electron chi connectivity index (χ4n) is 2.38. The lowest BCUT2D eigenvalue weighted by molar-refractivity contribution is 0.945. The number of aromatic nitrogens is 3. The smallest absolute Gasteiger partial charge is 0.175 e.